The third-order valence-electron chi connectivity index (χ3n) is 5.83. The topological polar surface area (TPSA) is 37.2 Å². The molecule has 0 saturated carbocycles. The molecule has 2 aliphatic rings. The summed E-state index contributed by atoms with van der Waals surface area (Å²) in [5.74, 6) is 0. The van der Waals surface area contributed by atoms with Crippen molar-refractivity contribution in [3.63, 3.8) is 0 Å². The standard InChI is InChI=1S/C19H35N5/c1-3-5-6-17-16-24(21-20-17)19-9-14-23(15-10-19)18-7-12-22(11-4-2)13-8-18/h16,18-19H,3-15H2,1-2H3. The average molecular weight is 334 g/mol. The molecule has 0 atom stereocenters. The van der Waals surface area contributed by atoms with E-state index in [2.05, 4.69) is 44.8 Å². The average Bonchev–Trinajstić information content (AvgIpc) is 3.10. The fourth-order valence-electron chi connectivity index (χ4n) is 4.30. The van der Waals surface area contributed by atoms with Crippen molar-refractivity contribution in [1.82, 2.24) is 24.8 Å². The summed E-state index contributed by atoms with van der Waals surface area (Å²) in [7, 11) is 0. The zero-order valence-electron chi connectivity index (χ0n) is 15.7. The summed E-state index contributed by atoms with van der Waals surface area (Å²) < 4.78 is 2.15. The van der Waals surface area contributed by atoms with Crippen molar-refractivity contribution < 1.29 is 0 Å². The normalized spacial score (nSPS) is 22.2. The zero-order chi connectivity index (χ0) is 16.8. The Balaban J connectivity index is 1.43. The van der Waals surface area contributed by atoms with E-state index in [0.717, 1.165) is 12.5 Å². The molecule has 0 N–H and O–H groups in total. The van der Waals surface area contributed by atoms with Gasteiger partial charge in [-0.3, -0.25) is 0 Å². The van der Waals surface area contributed by atoms with Crippen molar-refractivity contribution in [2.75, 3.05) is 32.7 Å². The molecule has 136 valence electrons. The largest absolute Gasteiger partial charge is 0.303 e. The molecule has 1 aromatic rings. The minimum atomic E-state index is 0.560. The van der Waals surface area contributed by atoms with Crippen LogP contribution in [0, 0.1) is 0 Å². The Kier molecular flexibility index (Phi) is 6.67. The van der Waals surface area contributed by atoms with Gasteiger partial charge in [0.05, 0.1) is 11.7 Å². The van der Waals surface area contributed by atoms with Crippen LogP contribution >= 0.6 is 0 Å². The lowest BCUT2D eigenvalue weighted by atomic mass is 9.98. The lowest BCUT2D eigenvalue weighted by Gasteiger charge is -2.41. The van der Waals surface area contributed by atoms with E-state index in [-0.39, 0.29) is 0 Å². The number of unbranched alkanes of at least 4 members (excludes halogenated alkanes) is 1. The van der Waals surface area contributed by atoms with Gasteiger partial charge >= 0.3 is 0 Å². The van der Waals surface area contributed by atoms with Gasteiger partial charge in [0.2, 0.25) is 0 Å². The second-order valence-electron chi connectivity index (χ2n) is 7.63. The van der Waals surface area contributed by atoms with E-state index >= 15 is 0 Å². The highest BCUT2D eigenvalue weighted by Crippen LogP contribution is 2.26. The van der Waals surface area contributed by atoms with Crippen molar-refractivity contribution in [1.29, 1.82) is 0 Å². The smallest absolute Gasteiger partial charge is 0.0827 e. The maximum Gasteiger partial charge on any atom is 0.0827 e. The van der Waals surface area contributed by atoms with Crippen LogP contribution in [0.2, 0.25) is 0 Å². The van der Waals surface area contributed by atoms with Gasteiger partial charge in [0.15, 0.2) is 0 Å². The first-order chi connectivity index (χ1) is 11.8. The summed E-state index contributed by atoms with van der Waals surface area (Å²) >= 11 is 0. The summed E-state index contributed by atoms with van der Waals surface area (Å²) in [5, 5.41) is 8.76. The second kappa shape index (κ2) is 8.95. The molecule has 3 rings (SSSR count). The molecule has 0 unspecified atom stereocenters. The van der Waals surface area contributed by atoms with Gasteiger partial charge < -0.3 is 9.80 Å². The number of aromatic nitrogens is 3. The van der Waals surface area contributed by atoms with Crippen LogP contribution in [0.1, 0.15) is 70.5 Å². The first kappa shape index (κ1) is 17.9. The molecular weight excluding hydrogens is 298 g/mol. The third-order valence-corrected chi connectivity index (χ3v) is 5.83. The summed E-state index contributed by atoms with van der Waals surface area (Å²) in [4.78, 5) is 5.38. The Labute approximate surface area is 147 Å². The lowest BCUT2D eigenvalue weighted by molar-refractivity contribution is 0.0771. The molecule has 24 heavy (non-hydrogen) atoms. The second-order valence-corrected chi connectivity index (χ2v) is 7.63. The summed E-state index contributed by atoms with van der Waals surface area (Å²) in [6.07, 6.45) is 12.2. The van der Waals surface area contributed by atoms with Gasteiger partial charge in [0.1, 0.15) is 0 Å². The maximum atomic E-state index is 4.40. The van der Waals surface area contributed by atoms with E-state index in [0.29, 0.717) is 6.04 Å². The Bertz CT molecular complexity index is 470. The summed E-state index contributed by atoms with van der Waals surface area (Å²) in [6, 6.07) is 1.37. The van der Waals surface area contributed by atoms with Gasteiger partial charge in [-0.2, -0.15) is 0 Å². The van der Waals surface area contributed by atoms with Gasteiger partial charge in [-0.1, -0.05) is 25.5 Å². The number of piperidine rings is 2. The highest BCUT2D eigenvalue weighted by molar-refractivity contribution is 4.94. The first-order valence-corrected chi connectivity index (χ1v) is 10.2. The summed E-state index contributed by atoms with van der Waals surface area (Å²) in [6.45, 7) is 10.8. The van der Waals surface area contributed by atoms with E-state index in [1.807, 2.05) is 0 Å². The summed E-state index contributed by atoms with van der Waals surface area (Å²) in [5.41, 5.74) is 1.17. The molecule has 0 bridgehead atoms. The molecule has 0 radical (unpaired) electrons. The highest BCUT2D eigenvalue weighted by Gasteiger charge is 2.28. The fraction of sp³-hybridized carbons (Fsp3) is 0.895. The third kappa shape index (κ3) is 4.57. The van der Waals surface area contributed by atoms with Gasteiger partial charge in [0, 0.05) is 25.3 Å². The molecule has 2 saturated heterocycles. The maximum absolute atomic E-state index is 4.40. The number of hydrogen-bond acceptors (Lipinski definition) is 4. The number of aryl methyl sites for hydroxylation is 1. The highest BCUT2D eigenvalue weighted by atomic mass is 15.4. The Morgan fingerprint density at radius 2 is 1.67 bits per heavy atom. The predicted octanol–water partition coefficient (Wildman–Crippen LogP) is 3.13. The van der Waals surface area contributed by atoms with Gasteiger partial charge in [-0.25, -0.2) is 4.68 Å². The van der Waals surface area contributed by atoms with Crippen molar-refractivity contribution in [3.8, 4) is 0 Å². The number of likely N-dealkylation sites (tertiary alicyclic amines) is 2. The van der Waals surface area contributed by atoms with Gasteiger partial charge in [0.25, 0.3) is 0 Å². The predicted molar refractivity (Wildman–Crippen MR) is 98.2 cm³/mol. The molecule has 2 aliphatic heterocycles. The van der Waals surface area contributed by atoms with Crippen molar-refractivity contribution in [2.24, 2.45) is 0 Å². The molecule has 0 aromatic carbocycles. The van der Waals surface area contributed by atoms with E-state index in [1.54, 1.807) is 0 Å². The van der Waals surface area contributed by atoms with Crippen molar-refractivity contribution in [3.05, 3.63) is 11.9 Å². The van der Waals surface area contributed by atoms with Crippen LogP contribution in [0.3, 0.4) is 0 Å². The van der Waals surface area contributed by atoms with Crippen LogP contribution in [0.5, 0.6) is 0 Å². The molecule has 3 heterocycles. The first-order valence-electron chi connectivity index (χ1n) is 10.2. The fourth-order valence-corrected chi connectivity index (χ4v) is 4.30. The monoisotopic (exact) mass is 333 g/mol. The number of hydrogen-bond donors (Lipinski definition) is 0. The Morgan fingerprint density at radius 3 is 2.33 bits per heavy atom. The van der Waals surface area contributed by atoms with Crippen LogP contribution < -0.4 is 0 Å². The molecule has 5 nitrogen and oxygen atoms in total. The molecule has 5 heteroatoms. The van der Waals surface area contributed by atoms with Crippen LogP contribution in [0.4, 0.5) is 0 Å². The van der Waals surface area contributed by atoms with E-state index in [9.17, 15) is 0 Å². The van der Waals surface area contributed by atoms with Crippen LogP contribution in [-0.4, -0.2) is 63.6 Å². The van der Waals surface area contributed by atoms with E-state index in [1.165, 1.54) is 83.4 Å². The number of rotatable bonds is 7. The van der Waals surface area contributed by atoms with E-state index in [4.69, 9.17) is 0 Å². The minimum Gasteiger partial charge on any atom is -0.303 e. The molecule has 2 fully saturated rings. The minimum absolute atomic E-state index is 0.560. The molecule has 0 aliphatic carbocycles. The van der Waals surface area contributed by atoms with E-state index < -0.39 is 0 Å². The van der Waals surface area contributed by atoms with Crippen LogP contribution in [0.15, 0.2) is 6.20 Å². The molecule has 0 spiro atoms. The van der Waals surface area contributed by atoms with Crippen LogP contribution in [0.25, 0.3) is 0 Å². The molecule has 1 aromatic heterocycles. The molecule has 0 amide bonds. The van der Waals surface area contributed by atoms with Crippen molar-refractivity contribution in [2.45, 2.75) is 77.3 Å². The van der Waals surface area contributed by atoms with Crippen molar-refractivity contribution >= 4 is 0 Å². The zero-order valence-corrected chi connectivity index (χ0v) is 15.7. The Morgan fingerprint density at radius 1 is 0.958 bits per heavy atom. The lowest BCUT2D eigenvalue weighted by Crippen LogP contribution is -2.48. The quantitative estimate of drug-likeness (QED) is 0.768. The van der Waals surface area contributed by atoms with Crippen LogP contribution in [-0.2, 0) is 6.42 Å². The Hall–Kier alpha value is -0.940. The van der Waals surface area contributed by atoms with Gasteiger partial charge in [-0.05, 0) is 64.6 Å². The SMILES string of the molecule is CCCCc1cn(C2CCN(C3CCN(CCC)CC3)CC2)nn1. The van der Waals surface area contributed by atoms with Gasteiger partial charge in [-0.15, -0.1) is 5.10 Å². The number of nitrogens with zero attached hydrogens (tertiary/aromatic N) is 5. The molecular formula is C19H35N5.